The number of hydrogen-bond donors (Lipinski definition) is 3. The molecule has 2 aromatic carbocycles. The van der Waals surface area contributed by atoms with Gasteiger partial charge in [-0.05, 0) is 42.8 Å². The van der Waals surface area contributed by atoms with Gasteiger partial charge in [0.25, 0.3) is 0 Å². The second-order valence-corrected chi connectivity index (χ2v) is 10.1. The van der Waals surface area contributed by atoms with Crippen LogP contribution in [-0.2, 0) is 14.6 Å². The van der Waals surface area contributed by atoms with E-state index in [1.807, 2.05) is 0 Å². The number of benzene rings is 2. The number of halogens is 2. The van der Waals surface area contributed by atoms with E-state index in [1.54, 1.807) is 42.5 Å². The number of carbonyl (C=O) groups is 1. The molecule has 1 aromatic heterocycles. The summed E-state index contributed by atoms with van der Waals surface area (Å²) in [5.41, 5.74) is 1.52. The van der Waals surface area contributed by atoms with Crippen LogP contribution in [0.2, 0.25) is 5.02 Å². The van der Waals surface area contributed by atoms with Crippen molar-refractivity contribution in [1.29, 1.82) is 0 Å². The Morgan fingerprint density at radius 1 is 1.17 bits per heavy atom. The van der Waals surface area contributed by atoms with Crippen molar-refractivity contribution in [1.82, 2.24) is 9.97 Å². The van der Waals surface area contributed by atoms with Crippen LogP contribution >= 0.6 is 11.6 Å². The van der Waals surface area contributed by atoms with Crippen molar-refractivity contribution in [3.63, 3.8) is 0 Å². The highest BCUT2D eigenvalue weighted by Gasteiger charge is 2.11. The average molecular weight is 520 g/mol. The zero-order valence-corrected chi connectivity index (χ0v) is 20.3. The summed E-state index contributed by atoms with van der Waals surface area (Å²) in [5, 5.41) is 8.78. The van der Waals surface area contributed by atoms with Crippen LogP contribution in [0.1, 0.15) is 6.42 Å². The van der Waals surface area contributed by atoms with Gasteiger partial charge in [0.15, 0.2) is 11.6 Å². The molecule has 0 atom stereocenters. The monoisotopic (exact) mass is 519 g/mol. The van der Waals surface area contributed by atoms with Crippen molar-refractivity contribution >= 4 is 56.2 Å². The first kappa shape index (κ1) is 25.9. The Balaban J connectivity index is 1.71. The molecule has 0 aliphatic carbocycles. The summed E-state index contributed by atoms with van der Waals surface area (Å²) in [6.45, 7) is 3.57. The van der Waals surface area contributed by atoms with E-state index >= 15 is 0 Å². The van der Waals surface area contributed by atoms with Crippen LogP contribution in [0.25, 0.3) is 0 Å². The maximum absolute atomic E-state index is 14.4. The summed E-state index contributed by atoms with van der Waals surface area (Å²) in [6, 6.07) is 11.5. The quantitative estimate of drug-likeness (QED) is 0.246. The molecular weight excluding hydrogens is 497 g/mol. The molecule has 0 radical (unpaired) electrons. The topological polar surface area (TPSA) is 122 Å². The van der Waals surface area contributed by atoms with Crippen molar-refractivity contribution in [2.45, 2.75) is 6.42 Å². The third kappa shape index (κ3) is 8.23. The summed E-state index contributed by atoms with van der Waals surface area (Å²) >= 11 is 6.16. The van der Waals surface area contributed by atoms with Crippen LogP contribution in [0.5, 0.6) is 5.75 Å². The summed E-state index contributed by atoms with van der Waals surface area (Å²) in [4.78, 5) is 19.6. The van der Waals surface area contributed by atoms with E-state index in [-0.39, 0.29) is 30.0 Å². The molecule has 3 N–H and O–H groups in total. The van der Waals surface area contributed by atoms with Gasteiger partial charge in [0.2, 0.25) is 11.9 Å². The zero-order valence-electron chi connectivity index (χ0n) is 18.7. The summed E-state index contributed by atoms with van der Waals surface area (Å²) in [7, 11) is -3.08. The van der Waals surface area contributed by atoms with E-state index in [9.17, 15) is 17.6 Å². The number of nitrogens with one attached hydrogen (secondary N) is 3. The zero-order chi connectivity index (χ0) is 25.4. The number of aromatic nitrogens is 2. The predicted octanol–water partition coefficient (Wildman–Crippen LogP) is 4.69. The number of hydrogen-bond acceptors (Lipinski definition) is 8. The summed E-state index contributed by atoms with van der Waals surface area (Å²) in [6.07, 6.45) is 3.64. The molecule has 35 heavy (non-hydrogen) atoms. The molecule has 0 saturated heterocycles. The van der Waals surface area contributed by atoms with Crippen LogP contribution < -0.4 is 20.7 Å². The standard InChI is InChI=1S/C23H23ClFN5O4S/c1-3-21(31)27-15-6-4-7-16(12-15)28-22-19(25)14-26-23(30-22)29-17-8-9-18(24)20(13-17)34-10-5-11-35(2,32)33/h3-4,6-9,12-14H,1,5,10-11H2,2H3,(H,27,31)(H2,26,28,29,30). The Morgan fingerprint density at radius 3 is 2.66 bits per heavy atom. The fraction of sp³-hybridized carbons (Fsp3) is 0.174. The van der Waals surface area contributed by atoms with Gasteiger partial charge in [-0.15, -0.1) is 0 Å². The highest BCUT2D eigenvalue weighted by Crippen LogP contribution is 2.29. The van der Waals surface area contributed by atoms with E-state index in [0.717, 1.165) is 18.5 Å². The van der Waals surface area contributed by atoms with Crippen molar-refractivity contribution in [2.24, 2.45) is 0 Å². The Bertz CT molecular complexity index is 1340. The molecular formula is C23H23ClFN5O4S. The summed E-state index contributed by atoms with van der Waals surface area (Å²) < 4.78 is 42.4. The largest absolute Gasteiger partial charge is 0.492 e. The molecule has 3 aromatic rings. The van der Waals surface area contributed by atoms with E-state index in [0.29, 0.717) is 34.3 Å². The minimum Gasteiger partial charge on any atom is -0.492 e. The molecule has 1 amide bonds. The first-order valence-corrected chi connectivity index (χ1v) is 12.8. The van der Waals surface area contributed by atoms with E-state index in [2.05, 4.69) is 32.5 Å². The predicted molar refractivity (Wildman–Crippen MR) is 135 cm³/mol. The maximum atomic E-state index is 14.4. The van der Waals surface area contributed by atoms with E-state index in [4.69, 9.17) is 16.3 Å². The number of amides is 1. The molecule has 0 aliphatic rings. The molecule has 9 nitrogen and oxygen atoms in total. The van der Waals surface area contributed by atoms with E-state index in [1.165, 1.54) is 0 Å². The minimum absolute atomic E-state index is 0.00525. The van der Waals surface area contributed by atoms with Gasteiger partial charge in [-0.3, -0.25) is 4.79 Å². The second-order valence-electron chi connectivity index (χ2n) is 7.39. The van der Waals surface area contributed by atoms with Crippen LogP contribution in [0.3, 0.4) is 0 Å². The molecule has 0 unspecified atom stereocenters. The number of rotatable bonds is 11. The fourth-order valence-electron chi connectivity index (χ4n) is 2.84. The van der Waals surface area contributed by atoms with Gasteiger partial charge in [0, 0.05) is 29.4 Å². The van der Waals surface area contributed by atoms with Crippen molar-refractivity contribution in [2.75, 3.05) is 34.6 Å². The van der Waals surface area contributed by atoms with Gasteiger partial charge in [0.1, 0.15) is 15.6 Å². The maximum Gasteiger partial charge on any atom is 0.247 e. The lowest BCUT2D eigenvalue weighted by atomic mass is 10.2. The Hall–Kier alpha value is -3.70. The lowest BCUT2D eigenvalue weighted by Crippen LogP contribution is -2.08. The molecule has 0 bridgehead atoms. The summed E-state index contributed by atoms with van der Waals surface area (Å²) in [5.74, 6) is -0.670. The Labute approximate surface area is 207 Å². The minimum atomic E-state index is -3.08. The van der Waals surface area contributed by atoms with E-state index < -0.39 is 15.7 Å². The van der Waals surface area contributed by atoms with Gasteiger partial charge in [-0.25, -0.2) is 17.8 Å². The molecule has 0 fully saturated rings. The highest BCUT2D eigenvalue weighted by molar-refractivity contribution is 7.90. The first-order chi connectivity index (χ1) is 16.6. The highest BCUT2D eigenvalue weighted by atomic mass is 35.5. The molecule has 3 rings (SSSR count). The van der Waals surface area contributed by atoms with Crippen molar-refractivity contribution in [3.05, 3.63) is 72.2 Å². The number of anilines is 5. The lowest BCUT2D eigenvalue weighted by molar-refractivity contribution is -0.111. The Morgan fingerprint density at radius 2 is 1.91 bits per heavy atom. The van der Waals surface area contributed by atoms with Gasteiger partial charge in [0.05, 0.1) is 23.6 Å². The van der Waals surface area contributed by atoms with Crippen LogP contribution in [-0.4, -0.2) is 42.9 Å². The molecule has 184 valence electrons. The average Bonchev–Trinajstić information content (AvgIpc) is 2.80. The van der Waals surface area contributed by atoms with Gasteiger partial charge in [-0.1, -0.05) is 24.2 Å². The van der Waals surface area contributed by atoms with Gasteiger partial charge < -0.3 is 20.7 Å². The Kier molecular flexibility index (Phi) is 8.61. The SMILES string of the molecule is C=CC(=O)Nc1cccc(Nc2nc(Nc3ccc(Cl)c(OCCCS(C)(=O)=O)c3)ncc2F)c1. The molecule has 0 saturated carbocycles. The van der Waals surface area contributed by atoms with Crippen LogP contribution in [0.4, 0.5) is 33.2 Å². The molecule has 1 heterocycles. The third-order valence-corrected chi connectivity index (χ3v) is 5.77. The van der Waals surface area contributed by atoms with Crippen molar-refractivity contribution in [3.8, 4) is 5.75 Å². The number of nitrogens with zero attached hydrogens (tertiary/aromatic N) is 2. The first-order valence-electron chi connectivity index (χ1n) is 10.3. The van der Waals surface area contributed by atoms with Crippen molar-refractivity contribution < 1.29 is 22.3 Å². The number of sulfone groups is 1. The normalized spacial score (nSPS) is 10.9. The third-order valence-electron chi connectivity index (χ3n) is 4.43. The fourth-order valence-corrected chi connectivity index (χ4v) is 3.66. The van der Waals surface area contributed by atoms with Crippen LogP contribution in [0, 0.1) is 5.82 Å². The molecule has 0 aliphatic heterocycles. The van der Waals surface area contributed by atoms with Crippen LogP contribution in [0.15, 0.2) is 61.3 Å². The smallest absolute Gasteiger partial charge is 0.247 e. The molecule has 12 heteroatoms. The molecule has 0 spiro atoms. The number of carbonyl (C=O) groups excluding carboxylic acids is 1. The van der Waals surface area contributed by atoms with Gasteiger partial charge in [-0.2, -0.15) is 4.98 Å². The lowest BCUT2D eigenvalue weighted by Gasteiger charge is -2.12. The second kappa shape index (κ2) is 11.6. The van der Waals surface area contributed by atoms with Gasteiger partial charge >= 0.3 is 0 Å². The number of ether oxygens (including phenoxy) is 1.